The Bertz CT molecular complexity index is 303. The van der Waals surface area contributed by atoms with E-state index in [-0.39, 0.29) is 30.4 Å². The maximum absolute atomic E-state index is 11.5. The molecule has 7 nitrogen and oxygen atoms in total. The minimum atomic E-state index is -0.595. The van der Waals surface area contributed by atoms with Crippen LogP contribution in [0, 0.1) is 5.92 Å². The Balaban J connectivity index is 2.15. The second-order valence-corrected chi connectivity index (χ2v) is 4.86. The maximum Gasteiger partial charge on any atom is 0.239 e. The largest absolute Gasteiger partial charge is 0.376 e. The van der Waals surface area contributed by atoms with Gasteiger partial charge in [0.05, 0.1) is 38.5 Å². The minimum Gasteiger partial charge on any atom is -0.376 e. The Morgan fingerprint density at radius 1 is 1.32 bits per heavy atom. The molecule has 1 rings (SSSR count). The van der Waals surface area contributed by atoms with Gasteiger partial charge in [-0.2, -0.15) is 0 Å². The summed E-state index contributed by atoms with van der Waals surface area (Å²) in [5.74, 6) is -0.545. The summed E-state index contributed by atoms with van der Waals surface area (Å²) in [6.07, 6.45) is -0.119. The highest BCUT2D eigenvalue weighted by molar-refractivity contribution is 5.87. The number of carbonyl (C=O) groups excluding carboxylic acids is 2. The fraction of sp³-hybridized carbons (Fsp3) is 0.833. The van der Waals surface area contributed by atoms with Crippen LogP contribution in [0.1, 0.15) is 13.8 Å². The van der Waals surface area contributed by atoms with Gasteiger partial charge in [-0.3, -0.25) is 9.59 Å². The van der Waals surface area contributed by atoms with Gasteiger partial charge < -0.3 is 25.8 Å². The first-order valence-electron chi connectivity index (χ1n) is 6.50. The molecule has 2 amide bonds. The molecule has 0 saturated carbocycles. The molecule has 19 heavy (non-hydrogen) atoms. The van der Waals surface area contributed by atoms with Gasteiger partial charge in [-0.05, 0) is 5.92 Å². The van der Waals surface area contributed by atoms with E-state index in [0.29, 0.717) is 26.4 Å². The van der Waals surface area contributed by atoms with Crippen LogP contribution in [0.3, 0.4) is 0 Å². The Labute approximate surface area is 113 Å². The topological polar surface area (TPSA) is 103 Å². The summed E-state index contributed by atoms with van der Waals surface area (Å²) in [6, 6.07) is -0.595. The van der Waals surface area contributed by atoms with Crippen molar-refractivity contribution in [2.24, 2.45) is 11.7 Å². The molecule has 1 saturated heterocycles. The quantitative estimate of drug-likeness (QED) is 0.553. The van der Waals surface area contributed by atoms with Crippen molar-refractivity contribution in [2.45, 2.75) is 26.0 Å². The zero-order chi connectivity index (χ0) is 14.3. The summed E-state index contributed by atoms with van der Waals surface area (Å²) in [4.78, 5) is 23.1. The van der Waals surface area contributed by atoms with Crippen LogP contribution in [0.25, 0.3) is 0 Å². The van der Waals surface area contributed by atoms with E-state index >= 15 is 0 Å². The number of carbonyl (C=O) groups is 2. The lowest BCUT2D eigenvalue weighted by atomic mass is 10.1. The van der Waals surface area contributed by atoms with E-state index in [1.807, 2.05) is 13.8 Å². The Hall–Kier alpha value is -1.18. The molecule has 1 aliphatic rings. The number of rotatable bonds is 6. The van der Waals surface area contributed by atoms with E-state index in [2.05, 4.69) is 10.6 Å². The monoisotopic (exact) mass is 273 g/mol. The van der Waals surface area contributed by atoms with E-state index in [4.69, 9.17) is 15.2 Å². The summed E-state index contributed by atoms with van der Waals surface area (Å²) in [5.41, 5.74) is 5.66. The third kappa shape index (κ3) is 6.00. The van der Waals surface area contributed by atoms with Gasteiger partial charge in [0.15, 0.2) is 0 Å². The lowest BCUT2D eigenvalue weighted by Crippen LogP contribution is -2.48. The second-order valence-electron chi connectivity index (χ2n) is 4.86. The lowest BCUT2D eigenvalue weighted by molar-refractivity contribution is -0.128. The number of hydrogen-bond acceptors (Lipinski definition) is 5. The number of amides is 2. The van der Waals surface area contributed by atoms with Gasteiger partial charge in [-0.25, -0.2) is 0 Å². The Morgan fingerprint density at radius 3 is 2.63 bits per heavy atom. The van der Waals surface area contributed by atoms with Gasteiger partial charge in [0.1, 0.15) is 0 Å². The molecule has 0 aromatic carbocycles. The van der Waals surface area contributed by atoms with E-state index < -0.39 is 6.04 Å². The molecule has 0 aliphatic carbocycles. The smallest absolute Gasteiger partial charge is 0.239 e. The van der Waals surface area contributed by atoms with Crippen molar-refractivity contribution in [2.75, 3.05) is 32.9 Å². The predicted octanol–water partition coefficient (Wildman–Crippen LogP) is -1.38. The zero-order valence-electron chi connectivity index (χ0n) is 11.5. The van der Waals surface area contributed by atoms with Crippen LogP contribution in [0.4, 0.5) is 0 Å². The van der Waals surface area contributed by atoms with Crippen LogP contribution >= 0.6 is 0 Å². The van der Waals surface area contributed by atoms with Crippen LogP contribution in [0.5, 0.6) is 0 Å². The standard InChI is InChI=1S/C12H23N3O4/c1-8(2)11(13)12(17)15-6-10(16)14-5-9-7-18-3-4-19-9/h8-9,11H,3-7,13H2,1-2H3,(H,14,16)(H,15,17)/t9?,11-/m0/s1. The molecular weight excluding hydrogens is 250 g/mol. The normalized spacial score (nSPS) is 20.9. The molecule has 1 fully saturated rings. The number of ether oxygens (including phenoxy) is 2. The molecule has 1 aliphatic heterocycles. The predicted molar refractivity (Wildman–Crippen MR) is 69.4 cm³/mol. The average Bonchev–Trinajstić information content (AvgIpc) is 2.42. The summed E-state index contributed by atoms with van der Waals surface area (Å²) in [6.45, 7) is 5.62. The van der Waals surface area contributed by atoms with E-state index in [1.54, 1.807) is 0 Å². The van der Waals surface area contributed by atoms with Crippen molar-refractivity contribution in [3.05, 3.63) is 0 Å². The van der Waals surface area contributed by atoms with Gasteiger partial charge in [0.25, 0.3) is 0 Å². The molecule has 1 heterocycles. The second kappa shape index (κ2) is 8.08. The number of hydrogen-bond donors (Lipinski definition) is 3. The number of nitrogens with two attached hydrogens (primary N) is 1. The highest BCUT2D eigenvalue weighted by Gasteiger charge is 2.18. The molecular formula is C12H23N3O4. The zero-order valence-corrected chi connectivity index (χ0v) is 11.5. The van der Waals surface area contributed by atoms with Gasteiger partial charge >= 0.3 is 0 Å². The number of nitrogens with one attached hydrogen (secondary N) is 2. The van der Waals surface area contributed by atoms with Crippen molar-refractivity contribution < 1.29 is 19.1 Å². The molecule has 0 radical (unpaired) electrons. The first-order chi connectivity index (χ1) is 9.00. The molecule has 4 N–H and O–H groups in total. The fourth-order valence-electron chi connectivity index (χ4n) is 1.53. The summed E-state index contributed by atoms with van der Waals surface area (Å²) >= 11 is 0. The highest BCUT2D eigenvalue weighted by atomic mass is 16.6. The third-order valence-electron chi connectivity index (χ3n) is 2.86. The van der Waals surface area contributed by atoms with Crippen molar-refractivity contribution >= 4 is 11.8 Å². The Kier molecular flexibility index (Phi) is 6.75. The molecule has 110 valence electrons. The van der Waals surface area contributed by atoms with Crippen molar-refractivity contribution in [3.8, 4) is 0 Å². The summed E-state index contributed by atoms with van der Waals surface area (Å²) < 4.78 is 10.6. The molecule has 7 heteroatoms. The fourth-order valence-corrected chi connectivity index (χ4v) is 1.53. The maximum atomic E-state index is 11.5. The lowest BCUT2D eigenvalue weighted by Gasteiger charge is -2.23. The van der Waals surface area contributed by atoms with Crippen LogP contribution in [0.2, 0.25) is 0 Å². The molecule has 0 aromatic rings. The Morgan fingerprint density at radius 2 is 2.05 bits per heavy atom. The van der Waals surface area contributed by atoms with E-state index in [1.165, 1.54) is 0 Å². The van der Waals surface area contributed by atoms with E-state index in [9.17, 15) is 9.59 Å². The van der Waals surface area contributed by atoms with Crippen LogP contribution in [0.15, 0.2) is 0 Å². The van der Waals surface area contributed by atoms with Crippen LogP contribution < -0.4 is 16.4 Å². The minimum absolute atomic E-state index is 0.0378. The van der Waals surface area contributed by atoms with Gasteiger partial charge in [-0.1, -0.05) is 13.8 Å². The first kappa shape index (κ1) is 15.9. The third-order valence-corrected chi connectivity index (χ3v) is 2.86. The SMILES string of the molecule is CC(C)[C@H](N)C(=O)NCC(=O)NCC1COCCO1. The van der Waals surface area contributed by atoms with Gasteiger partial charge in [-0.15, -0.1) is 0 Å². The van der Waals surface area contributed by atoms with Crippen molar-refractivity contribution in [3.63, 3.8) is 0 Å². The summed E-state index contributed by atoms with van der Waals surface area (Å²) in [5, 5.41) is 5.18. The van der Waals surface area contributed by atoms with Crippen molar-refractivity contribution in [1.82, 2.24) is 10.6 Å². The summed E-state index contributed by atoms with van der Waals surface area (Å²) in [7, 11) is 0. The highest BCUT2D eigenvalue weighted by Crippen LogP contribution is 1.99. The average molecular weight is 273 g/mol. The molecule has 0 spiro atoms. The molecule has 2 atom stereocenters. The van der Waals surface area contributed by atoms with Gasteiger partial charge in [0, 0.05) is 6.54 Å². The van der Waals surface area contributed by atoms with Gasteiger partial charge in [0.2, 0.25) is 11.8 Å². The molecule has 0 bridgehead atoms. The van der Waals surface area contributed by atoms with Crippen molar-refractivity contribution in [1.29, 1.82) is 0 Å². The van der Waals surface area contributed by atoms with E-state index in [0.717, 1.165) is 0 Å². The van der Waals surface area contributed by atoms with Crippen LogP contribution in [-0.2, 0) is 19.1 Å². The molecule has 1 unspecified atom stereocenters. The van der Waals surface area contributed by atoms with Crippen LogP contribution in [-0.4, -0.2) is 56.9 Å². The molecule has 0 aromatic heterocycles. The first-order valence-corrected chi connectivity index (χ1v) is 6.50.